The van der Waals surface area contributed by atoms with Gasteiger partial charge in [0.25, 0.3) is 0 Å². The second kappa shape index (κ2) is 6.23. The molecule has 2 fully saturated rings. The molecule has 1 N–H and O–H groups in total. The van der Waals surface area contributed by atoms with Crippen molar-refractivity contribution in [2.24, 2.45) is 11.8 Å². The van der Waals surface area contributed by atoms with E-state index in [9.17, 15) is 4.79 Å². The van der Waals surface area contributed by atoms with E-state index in [1.54, 1.807) is 0 Å². The van der Waals surface area contributed by atoms with E-state index in [0.29, 0.717) is 11.8 Å². The van der Waals surface area contributed by atoms with Crippen LogP contribution in [0.1, 0.15) is 47.0 Å². The number of carbonyl (C=O) groups excluding carboxylic acids is 1. The van der Waals surface area contributed by atoms with Crippen molar-refractivity contribution >= 4 is 5.91 Å². The summed E-state index contributed by atoms with van der Waals surface area (Å²) >= 11 is 0. The van der Waals surface area contributed by atoms with E-state index in [0.717, 1.165) is 32.4 Å². The fraction of sp³-hybridized carbons (Fsp3) is 0.933. The van der Waals surface area contributed by atoms with Crippen molar-refractivity contribution in [1.82, 2.24) is 10.2 Å². The van der Waals surface area contributed by atoms with Crippen LogP contribution in [0.15, 0.2) is 0 Å². The van der Waals surface area contributed by atoms with Crippen LogP contribution < -0.4 is 5.32 Å². The van der Waals surface area contributed by atoms with Gasteiger partial charge in [-0.2, -0.15) is 0 Å². The molecule has 0 aromatic carbocycles. The highest BCUT2D eigenvalue weighted by Gasteiger charge is 2.43. The topological polar surface area (TPSA) is 41.6 Å². The van der Waals surface area contributed by atoms with Gasteiger partial charge in [0.1, 0.15) is 0 Å². The van der Waals surface area contributed by atoms with Crippen LogP contribution in [0.2, 0.25) is 0 Å². The number of carbonyl (C=O) groups is 1. The molecule has 0 aromatic heterocycles. The minimum absolute atomic E-state index is 0.0150. The van der Waals surface area contributed by atoms with Crippen LogP contribution in [-0.4, -0.2) is 42.3 Å². The van der Waals surface area contributed by atoms with Crippen molar-refractivity contribution in [2.75, 3.05) is 13.2 Å². The van der Waals surface area contributed by atoms with Gasteiger partial charge in [-0.05, 0) is 24.7 Å². The molecule has 2 aliphatic heterocycles. The summed E-state index contributed by atoms with van der Waals surface area (Å²) in [5, 5.41) is 3.54. The van der Waals surface area contributed by atoms with Crippen molar-refractivity contribution in [2.45, 2.75) is 65.3 Å². The standard InChI is InChI=1S/C15H28N2O2/c1-5-11(4)13-15(18)17(14(16-13)10(2)3)9-12-7-6-8-19-12/h10-14,16H,5-9H2,1-4H3. The summed E-state index contributed by atoms with van der Waals surface area (Å²) in [4.78, 5) is 14.6. The van der Waals surface area contributed by atoms with Gasteiger partial charge in [-0.1, -0.05) is 34.1 Å². The largest absolute Gasteiger partial charge is 0.376 e. The van der Waals surface area contributed by atoms with Gasteiger partial charge in [0.05, 0.1) is 18.3 Å². The Morgan fingerprint density at radius 2 is 2.16 bits per heavy atom. The Labute approximate surface area is 116 Å². The normalized spacial score (nSPS) is 33.4. The van der Waals surface area contributed by atoms with Crippen LogP contribution in [0.3, 0.4) is 0 Å². The summed E-state index contributed by atoms with van der Waals surface area (Å²) in [6.45, 7) is 10.2. The summed E-state index contributed by atoms with van der Waals surface area (Å²) in [6.07, 6.45) is 3.64. The lowest BCUT2D eigenvalue weighted by Gasteiger charge is -2.29. The predicted molar refractivity (Wildman–Crippen MR) is 75.7 cm³/mol. The molecule has 110 valence electrons. The molecule has 0 radical (unpaired) electrons. The third kappa shape index (κ3) is 3.11. The highest BCUT2D eigenvalue weighted by molar-refractivity contribution is 5.84. The predicted octanol–water partition coefficient (Wildman–Crippen LogP) is 1.99. The number of hydrogen-bond donors (Lipinski definition) is 1. The summed E-state index contributed by atoms with van der Waals surface area (Å²) in [5.74, 6) is 1.09. The number of ether oxygens (including phenoxy) is 1. The van der Waals surface area contributed by atoms with E-state index in [2.05, 4.69) is 33.0 Å². The molecule has 0 saturated carbocycles. The van der Waals surface area contributed by atoms with Gasteiger partial charge in [-0.15, -0.1) is 0 Å². The van der Waals surface area contributed by atoms with Gasteiger partial charge in [0.15, 0.2) is 0 Å². The number of nitrogens with one attached hydrogen (secondary N) is 1. The lowest BCUT2D eigenvalue weighted by molar-refractivity contribution is -0.132. The molecular formula is C15H28N2O2. The first-order valence-corrected chi connectivity index (χ1v) is 7.72. The summed E-state index contributed by atoms with van der Waals surface area (Å²) in [7, 11) is 0. The van der Waals surface area contributed by atoms with Crippen LogP contribution in [0.4, 0.5) is 0 Å². The smallest absolute Gasteiger partial charge is 0.241 e. The van der Waals surface area contributed by atoms with Crippen molar-refractivity contribution in [3.05, 3.63) is 0 Å². The molecule has 4 atom stereocenters. The van der Waals surface area contributed by atoms with Crippen LogP contribution in [0, 0.1) is 11.8 Å². The lowest BCUT2D eigenvalue weighted by atomic mass is 9.99. The first-order chi connectivity index (χ1) is 9.04. The van der Waals surface area contributed by atoms with Crippen molar-refractivity contribution in [3.63, 3.8) is 0 Å². The van der Waals surface area contributed by atoms with Crippen LogP contribution in [-0.2, 0) is 9.53 Å². The molecule has 4 heteroatoms. The Morgan fingerprint density at radius 1 is 1.42 bits per heavy atom. The van der Waals surface area contributed by atoms with Gasteiger partial charge >= 0.3 is 0 Å². The van der Waals surface area contributed by atoms with Gasteiger partial charge < -0.3 is 9.64 Å². The minimum Gasteiger partial charge on any atom is -0.376 e. The third-order valence-corrected chi connectivity index (χ3v) is 4.50. The second-order valence-corrected chi connectivity index (χ2v) is 6.34. The minimum atomic E-state index is -0.0150. The molecule has 2 heterocycles. The number of nitrogens with zero attached hydrogens (tertiary/aromatic N) is 1. The van der Waals surface area contributed by atoms with E-state index in [1.807, 2.05) is 4.90 Å². The zero-order valence-electron chi connectivity index (χ0n) is 12.7. The van der Waals surface area contributed by atoms with E-state index in [4.69, 9.17) is 4.74 Å². The van der Waals surface area contributed by atoms with E-state index >= 15 is 0 Å². The van der Waals surface area contributed by atoms with Crippen LogP contribution in [0.25, 0.3) is 0 Å². The van der Waals surface area contributed by atoms with E-state index in [1.165, 1.54) is 0 Å². The fourth-order valence-corrected chi connectivity index (χ4v) is 3.07. The monoisotopic (exact) mass is 268 g/mol. The summed E-state index contributed by atoms with van der Waals surface area (Å²) in [6, 6.07) is -0.0150. The molecule has 4 unspecified atom stereocenters. The van der Waals surface area contributed by atoms with Crippen LogP contribution in [0.5, 0.6) is 0 Å². The third-order valence-electron chi connectivity index (χ3n) is 4.50. The van der Waals surface area contributed by atoms with Crippen molar-refractivity contribution < 1.29 is 9.53 Å². The first-order valence-electron chi connectivity index (χ1n) is 7.72. The maximum atomic E-state index is 12.6. The lowest BCUT2D eigenvalue weighted by Crippen LogP contribution is -2.44. The van der Waals surface area contributed by atoms with E-state index in [-0.39, 0.29) is 24.2 Å². The molecular weight excluding hydrogens is 240 g/mol. The number of amides is 1. The molecule has 0 aliphatic carbocycles. The van der Waals surface area contributed by atoms with Crippen LogP contribution >= 0.6 is 0 Å². The van der Waals surface area contributed by atoms with Gasteiger partial charge in [-0.3, -0.25) is 10.1 Å². The number of hydrogen-bond acceptors (Lipinski definition) is 3. The average Bonchev–Trinajstić information content (AvgIpc) is 2.99. The quantitative estimate of drug-likeness (QED) is 0.829. The molecule has 0 bridgehead atoms. The molecule has 0 spiro atoms. The van der Waals surface area contributed by atoms with Gasteiger partial charge in [-0.25, -0.2) is 0 Å². The average molecular weight is 268 g/mol. The Morgan fingerprint density at radius 3 is 2.68 bits per heavy atom. The van der Waals surface area contributed by atoms with Gasteiger partial charge in [0, 0.05) is 13.2 Å². The maximum absolute atomic E-state index is 12.6. The molecule has 0 aromatic rings. The Balaban J connectivity index is 2.06. The van der Waals surface area contributed by atoms with Gasteiger partial charge in [0.2, 0.25) is 5.91 Å². The van der Waals surface area contributed by atoms with E-state index < -0.39 is 0 Å². The Bertz CT molecular complexity index is 313. The zero-order valence-corrected chi connectivity index (χ0v) is 12.7. The molecule has 2 aliphatic rings. The highest BCUT2D eigenvalue weighted by atomic mass is 16.5. The van der Waals surface area contributed by atoms with Crippen molar-refractivity contribution in [1.29, 1.82) is 0 Å². The SMILES string of the molecule is CCC(C)C1NC(C(C)C)N(CC2CCCO2)C1=O. The first kappa shape index (κ1) is 14.8. The summed E-state index contributed by atoms with van der Waals surface area (Å²) in [5.41, 5.74) is 0. The Kier molecular flexibility index (Phi) is 4.85. The maximum Gasteiger partial charge on any atom is 0.241 e. The molecule has 2 saturated heterocycles. The molecule has 2 rings (SSSR count). The van der Waals surface area contributed by atoms with Crippen molar-refractivity contribution in [3.8, 4) is 0 Å². The molecule has 4 nitrogen and oxygen atoms in total. The molecule has 19 heavy (non-hydrogen) atoms. The highest BCUT2D eigenvalue weighted by Crippen LogP contribution is 2.25. The number of rotatable bonds is 5. The zero-order chi connectivity index (χ0) is 14.0. The second-order valence-electron chi connectivity index (χ2n) is 6.34. The fourth-order valence-electron chi connectivity index (χ4n) is 3.07. The Hall–Kier alpha value is -0.610. The molecule has 1 amide bonds. The summed E-state index contributed by atoms with van der Waals surface area (Å²) < 4.78 is 5.69.